The molecule has 4 bridgehead atoms. The molecule has 8 fully saturated rings. The van der Waals surface area contributed by atoms with Crippen molar-refractivity contribution in [2.45, 2.75) is 142 Å². The van der Waals surface area contributed by atoms with E-state index in [1.807, 2.05) is 0 Å². The molecule has 0 N–H and O–H groups in total. The van der Waals surface area contributed by atoms with Crippen LogP contribution in [0.1, 0.15) is 152 Å². The predicted molar refractivity (Wildman–Crippen MR) is 360 cm³/mol. The van der Waals surface area contributed by atoms with Crippen LogP contribution in [0.5, 0.6) is 0 Å². The largest absolute Gasteiger partial charge is 0.212 e. The molecule has 6 aromatic carbocycles. The summed E-state index contributed by atoms with van der Waals surface area (Å²) in [5.41, 5.74) is 22.2. The highest BCUT2D eigenvalue weighted by Crippen LogP contribution is 2.61. The van der Waals surface area contributed by atoms with Crippen molar-refractivity contribution in [2.24, 2.45) is 68.0 Å². The number of aromatic nitrogens is 3. The predicted octanol–water partition coefficient (Wildman–Crippen LogP) is 19.8. The summed E-state index contributed by atoms with van der Waals surface area (Å²) in [6.45, 7) is 6.49. The van der Waals surface area contributed by atoms with Gasteiger partial charge in [-0.25, -0.2) is 13.7 Å². The molecule has 0 spiro atoms. The number of hydrogen-bond donors (Lipinski definition) is 0. The number of hydrogen-bond acceptors (Lipinski definition) is 0. The average Bonchev–Trinajstić information content (AvgIpc) is 0.952. The van der Waals surface area contributed by atoms with Crippen LogP contribution in [-0.4, -0.2) is 0 Å². The van der Waals surface area contributed by atoms with E-state index in [2.05, 4.69) is 256 Å². The Morgan fingerprint density at radius 3 is 1.08 bits per heavy atom. The number of fused-ring (bicyclic) bond motifs is 2. The van der Waals surface area contributed by atoms with E-state index in [-0.39, 0.29) is 11.3 Å². The molecule has 0 saturated heterocycles. The Kier molecular flexibility index (Phi) is 15.3. The lowest BCUT2D eigenvalue weighted by Gasteiger charge is -2.57. The first-order valence-corrected chi connectivity index (χ1v) is 33.6. The van der Waals surface area contributed by atoms with E-state index in [9.17, 15) is 2.74 Å². The van der Waals surface area contributed by atoms with Crippen LogP contribution in [0, 0.1) is 67.6 Å². The monoisotopic (exact) mass is 1150 g/mol. The third-order valence-electron chi connectivity index (χ3n) is 22.5. The molecule has 87 heavy (non-hydrogen) atoms. The fraction of sp³-hybridized carbons (Fsp3) is 0.393. The van der Waals surface area contributed by atoms with Gasteiger partial charge in [-0.05, 0) is 236 Å². The van der Waals surface area contributed by atoms with Crippen molar-refractivity contribution >= 4 is 0 Å². The van der Waals surface area contributed by atoms with Gasteiger partial charge in [0.15, 0.2) is 18.6 Å². The summed E-state index contributed by atoms with van der Waals surface area (Å²) in [6.07, 6.45) is 26.1. The zero-order valence-corrected chi connectivity index (χ0v) is 52.8. The Hall–Kier alpha value is -7.23. The van der Waals surface area contributed by atoms with Gasteiger partial charge in [-0.2, -0.15) is 0 Å². The molecule has 3 nitrogen and oxygen atoms in total. The molecule has 3 heteroatoms. The lowest BCUT2D eigenvalue weighted by atomic mass is 9.48. The molecule has 3 heterocycles. The van der Waals surface area contributed by atoms with Crippen LogP contribution in [0.15, 0.2) is 201 Å². The van der Waals surface area contributed by atoms with Gasteiger partial charge in [-0.3, -0.25) is 0 Å². The molecule has 0 amide bonds. The minimum atomic E-state index is -1.25. The second kappa shape index (κ2) is 24.7. The van der Waals surface area contributed by atoms with Crippen LogP contribution in [0.4, 0.5) is 0 Å². The summed E-state index contributed by atoms with van der Waals surface area (Å²) in [5, 5.41) is 0. The van der Waals surface area contributed by atoms with E-state index in [1.165, 1.54) is 149 Å². The minimum Gasteiger partial charge on any atom is -0.200 e. The first-order chi connectivity index (χ1) is 43.6. The minimum absolute atomic E-state index is 0.148. The topological polar surface area (TPSA) is 11.6 Å². The molecule has 8 saturated carbocycles. The molecular weight excluding hydrogens is 1050 g/mol. The smallest absolute Gasteiger partial charge is 0.200 e. The summed E-state index contributed by atoms with van der Waals surface area (Å²) >= 11 is 0. The Bertz CT molecular complexity index is 3990. The van der Waals surface area contributed by atoms with E-state index in [0.717, 1.165) is 96.1 Å². The van der Waals surface area contributed by atoms with Crippen LogP contribution >= 0.6 is 0 Å². The first kappa shape index (κ1) is 54.0. The number of aryl methyl sites for hydroxylation is 6. The lowest BCUT2D eigenvalue weighted by Crippen LogP contribution is -2.47. The summed E-state index contributed by atoms with van der Waals surface area (Å²) in [5.74, 6) is 6.32. The van der Waals surface area contributed by atoms with E-state index in [1.54, 1.807) is 5.56 Å². The van der Waals surface area contributed by atoms with Gasteiger partial charge in [-0.1, -0.05) is 166 Å². The van der Waals surface area contributed by atoms with Crippen molar-refractivity contribution in [1.82, 2.24) is 0 Å². The van der Waals surface area contributed by atoms with E-state index in [0.29, 0.717) is 0 Å². The third-order valence-corrected chi connectivity index (χ3v) is 22.5. The Labute approximate surface area is 525 Å². The van der Waals surface area contributed by atoms with Crippen LogP contribution < -0.4 is 13.7 Å². The number of pyridine rings is 3. The normalized spacial score (nSPS) is 27.0. The maximum absolute atomic E-state index is 9.26. The zero-order valence-electron chi connectivity index (χ0n) is 55.8. The maximum Gasteiger partial charge on any atom is 0.212 e. The molecule has 17 rings (SSSR count). The number of benzene rings is 6. The molecule has 8 aliphatic carbocycles. The fourth-order valence-electron chi connectivity index (χ4n) is 18.4. The third kappa shape index (κ3) is 12.2. The van der Waals surface area contributed by atoms with Gasteiger partial charge in [-0.15, -0.1) is 0 Å². The Balaban J connectivity index is 0.000000118. The van der Waals surface area contributed by atoms with Gasteiger partial charge in [0.05, 0.1) is 0 Å². The van der Waals surface area contributed by atoms with Crippen molar-refractivity contribution in [1.29, 1.82) is 0 Å². The molecular formula is C84H94N3+3. The van der Waals surface area contributed by atoms with Crippen LogP contribution in [0.3, 0.4) is 0 Å². The molecule has 442 valence electrons. The average molecular weight is 1150 g/mol. The lowest BCUT2D eigenvalue weighted by molar-refractivity contribution is -0.660. The maximum atomic E-state index is 9.26. The molecule has 0 aliphatic heterocycles. The summed E-state index contributed by atoms with van der Waals surface area (Å²) < 4.78 is 34.3. The Morgan fingerprint density at radius 2 is 0.713 bits per heavy atom. The summed E-state index contributed by atoms with van der Waals surface area (Å²) in [4.78, 5) is 0. The molecule has 6 atom stereocenters. The first-order valence-electron chi connectivity index (χ1n) is 35.1. The zero-order chi connectivity index (χ0) is 61.9. The quantitative estimate of drug-likeness (QED) is 0.121. The Morgan fingerprint density at radius 1 is 0.379 bits per heavy atom. The van der Waals surface area contributed by atoms with Gasteiger partial charge in [0, 0.05) is 55.7 Å². The molecule has 8 aliphatic rings. The molecule has 0 radical (unpaired) electrons. The van der Waals surface area contributed by atoms with Gasteiger partial charge in [0.2, 0.25) is 17.1 Å². The second-order valence-corrected chi connectivity index (χ2v) is 28.4. The van der Waals surface area contributed by atoms with Crippen LogP contribution in [0.2, 0.25) is 0 Å². The summed E-state index contributed by atoms with van der Waals surface area (Å²) in [6, 6.07) is 65.6. The standard InChI is InChI=1S/C30H34N.2C27H30N/c1-21-5-3-4-6-28(21)29-12-11-27(20-31(29)2)26-9-7-22(8-10-26)16-30-17-23-13-24(18-30)15-25(14-23)19-30;2*1-19-6-3-4-9-26(19)27-15-14-24(18-28(27)2)20-10-12-21(13-11-20)25-16-22-7-5-8-23(22)17-25/h3-12,20,23-25H,13-19H2,1-2H3;2*3-4,6,9-15,18,22-23,25H,5,7-8,16-17H2,1-2H3/q3*+1/t;2*22-,23+,25?/i16D2;25D;. The second-order valence-electron chi connectivity index (χ2n) is 28.4. The van der Waals surface area contributed by atoms with Crippen LogP contribution in [0.25, 0.3) is 67.2 Å². The van der Waals surface area contributed by atoms with Gasteiger partial charge in [0.1, 0.15) is 21.1 Å². The van der Waals surface area contributed by atoms with Gasteiger partial charge < -0.3 is 0 Å². The van der Waals surface area contributed by atoms with Crippen molar-refractivity contribution < 1.29 is 17.8 Å². The SMILES string of the molecule is Cc1ccccc1-c1ccc(-c2ccc(C3C[C@H]4CCC[C@H]4C3)cc2)c[n+]1C.[2H]C([2H])(c1ccc(-c2ccc(-c3ccccc3C)[n+](C)c2)cc1)C12CC3CC(CC(C3)C1)C2.[2H]C1(c2ccc(-c3ccc(-c4ccccc4C)[n+](C)c3)cc2)C[C@H]2CCC[C@H]2C1. The molecule has 3 aromatic heterocycles. The highest BCUT2D eigenvalue weighted by Gasteiger charge is 2.50. The van der Waals surface area contributed by atoms with E-state index < -0.39 is 6.37 Å². The van der Waals surface area contributed by atoms with Crippen LogP contribution in [-0.2, 0) is 27.5 Å². The highest BCUT2D eigenvalue weighted by atomic mass is 14.9. The summed E-state index contributed by atoms with van der Waals surface area (Å²) in [7, 11) is 6.37. The number of rotatable bonds is 10. The molecule has 9 aromatic rings. The van der Waals surface area contributed by atoms with Crippen molar-refractivity contribution in [3.8, 4) is 67.2 Å². The fourth-order valence-corrected chi connectivity index (χ4v) is 18.4. The van der Waals surface area contributed by atoms with E-state index >= 15 is 0 Å². The highest BCUT2D eigenvalue weighted by molar-refractivity contribution is 5.69. The molecule has 2 unspecified atom stereocenters. The van der Waals surface area contributed by atoms with Crippen molar-refractivity contribution in [3.05, 3.63) is 234 Å². The van der Waals surface area contributed by atoms with Crippen molar-refractivity contribution in [3.63, 3.8) is 0 Å². The van der Waals surface area contributed by atoms with Gasteiger partial charge in [0.25, 0.3) is 0 Å². The van der Waals surface area contributed by atoms with E-state index in [4.69, 9.17) is 1.37 Å². The van der Waals surface area contributed by atoms with Crippen molar-refractivity contribution in [2.75, 3.05) is 0 Å². The van der Waals surface area contributed by atoms with Gasteiger partial charge >= 0.3 is 0 Å². The number of nitrogens with zero attached hydrogens (tertiary/aromatic N) is 3.